The molecule has 1 aromatic rings. The summed E-state index contributed by atoms with van der Waals surface area (Å²) < 4.78 is 0. The lowest BCUT2D eigenvalue weighted by Crippen LogP contribution is -2.30. The van der Waals surface area contributed by atoms with Gasteiger partial charge in [-0.2, -0.15) is 0 Å². The van der Waals surface area contributed by atoms with E-state index in [4.69, 9.17) is 10.0 Å². The van der Waals surface area contributed by atoms with Crippen LogP contribution in [0.4, 0.5) is 0 Å². The van der Waals surface area contributed by atoms with Crippen molar-refractivity contribution >= 4 is 12.6 Å². The second kappa shape index (κ2) is 4.08. The van der Waals surface area contributed by atoms with E-state index in [1.807, 2.05) is 6.07 Å². The van der Waals surface area contributed by atoms with Gasteiger partial charge >= 0.3 is 7.12 Å². The molecule has 1 fully saturated rings. The summed E-state index contributed by atoms with van der Waals surface area (Å²) in [6, 6.07) is 1.81. The summed E-state index contributed by atoms with van der Waals surface area (Å²) in [5.74, 6) is 0.459. The Bertz CT molecular complexity index is 313. The van der Waals surface area contributed by atoms with Crippen LogP contribution in [0, 0.1) is 0 Å². The first-order chi connectivity index (χ1) is 6.77. The molecule has 1 unspecified atom stereocenters. The van der Waals surface area contributed by atoms with Crippen LogP contribution in [0.25, 0.3) is 0 Å². The van der Waals surface area contributed by atoms with Gasteiger partial charge in [0.1, 0.15) is 0 Å². The van der Waals surface area contributed by atoms with Crippen molar-refractivity contribution in [3.63, 3.8) is 0 Å². The highest BCUT2D eigenvalue weighted by Gasteiger charge is 2.19. The average molecular weight is 192 g/mol. The molecule has 2 heterocycles. The van der Waals surface area contributed by atoms with Crippen molar-refractivity contribution in [2.45, 2.75) is 12.3 Å². The fourth-order valence-electron chi connectivity index (χ4n) is 1.78. The smallest absolute Gasteiger partial charge is 0.423 e. The molecule has 0 spiro atoms. The van der Waals surface area contributed by atoms with Crippen molar-refractivity contribution in [2.24, 2.45) is 0 Å². The summed E-state index contributed by atoms with van der Waals surface area (Å²) in [6.07, 6.45) is 4.37. The van der Waals surface area contributed by atoms with E-state index in [-0.39, 0.29) is 0 Å². The lowest BCUT2D eigenvalue weighted by atomic mass is 9.80. The molecule has 1 aliphatic rings. The largest absolute Gasteiger partial charge is 0.490 e. The molecule has 0 aromatic carbocycles. The molecule has 4 nitrogen and oxygen atoms in total. The third kappa shape index (κ3) is 1.95. The molecule has 1 aromatic heterocycles. The summed E-state index contributed by atoms with van der Waals surface area (Å²) >= 11 is 0. The molecular formula is C9H13BN2O2. The summed E-state index contributed by atoms with van der Waals surface area (Å²) in [5, 5.41) is 21.2. The van der Waals surface area contributed by atoms with Crippen LogP contribution in [0.2, 0.25) is 0 Å². The molecule has 1 saturated heterocycles. The zero-order valence-corrected chi connectivity index (χ0v) is 7.85. The minimum absolute atomic E-state index is 0.459. The van der Waals surface area contributed by atoms with E-state index in [9.17, 15) is 0 Å². The monoisotopic (exact) mass is 192 g/mol. The predicted molar refractivity (Wildman–Crippen MR) is 54.3 cm³/mol. The van der Waals surface area contributed by atoms with Gasteiger partial charge in [-0.05, 0) is 24.4 Å². The van der Waals surface area contributed by atoms with Crippen LogP contribution in [0.3, 0.4) is 0 Å². The Labute approximate surface area is 83.1 Å². The van der Waals surface area contributed by atoms with Crippen molar-refractivity contribution in [1.82, 2.24) is 10.3 Å². The lowest BCUT2D eigenvalue weighted by Gasteiger charge is -2.09. The van der Waals surface area contributed by atoms with Gasteiger partial charge in [0.15, 0.2) is 0 Å². The van der Waals surface area contributed by atoms with E-state index in [1.165, 1.54) is 6.20 Å². The fourth-order valence-corrected chi connectivity index (χ4v) is 1.78. The second-order valence-corrected chi connectivity index (χ2v) is 3.61. The Hall–Kier alpha value is -0.905. The Kier molecular flexibility index (Phi) is 2.81. The van der Waals surface area contributed by atoms with Crippen LogP contribution in [-0.4, -0.2) is 35.2 Å². The second-order valence-electron chi connectivity index (χ2n) is 3.61. The highest BCUT2D eigenvalue weighted by molar-refractivity contribution is 6.58. The van der Waals surface area contributed by atoms with Crippen LogP contribution in [0.15, 0.2) is 18.5 Å². The molecule has 1 atom stereocenters. The normalized spacial score (nSPS) is 21.1. The van der Waals surface area contributed by atoms with Gasteiger partial charge in [0, 0.05) is 24.4 Å². The standard InChI is InChI=1S/C9H13BN2O2/c13-10(14)9-3-8(5-12-6-9)7-1-2-11-4-7/h3,5-7,11,13-14H,1-2,4H2. The van der Waals surface area contributed by atoms with Crippen molar-refractivity contribution in [1.29, 1.82) is 0 Å². The maximum atomic E-state index is 8.99. The SMILES string of the molecule is OB(O)c1cncc(C2CCNC2)c1. The molecule has 0 bridgehead atoms. The van der Waals surface area contributed by atoms with Gasteiger partial charge < -0.3 is 15.4 Å². The Morgan fingerprint density at radius 2 is 2.29 bits per heavy atom. The Balaban J connectivity index is 2.21. The summed E-state index contributed by atoms with van der Waals surface area (Å²) in [4.78, 5) is 4.00. The van der Waals surface area contributed by atoms with Crippen molar-refractivity contribution in [2.75, 3.05) is 13.1 Å². The third-order valence-electron chi connectivity index (χ3n) is 2.61. The summed E-state index contributed by atoms with van der Waals surface area (Å²) in [6.45, 7) is 1.98. The van der Waals surface area contributed by atoms with Gasteiger partial charge in [0.25, 0.3) is 0 Å². The van der Waals surface area contributed by atoms with E-state index < -0.39 is 7.12 Å². The molecule has 5 heteroatoms. The summed E-state index contributed by atoms with van der Waals surface area (Å²) in [5.41, 5.74) is 1.55. The van der Waals surface area contributed by atoms with E-state index in [0.29, 0.717) is 11.4 Å². The van der Waals surface area contributed by atoms with Gasteiger partial charge in [0.05, 0.1) is 0 Å². The van der Waals surface area contributed by atoms with Crippen molar-refractivity contribution in [3.05, 3.63) is 24.0 Å². The quantitative estimate of drug-likeness (QED) is 0.517. The number of hydrogen-bond acceptors (Lipinski definition) is 4. The minimum Gasteiger partial charge on any atom is -0.423 e. The van der Waals surface area contributed by atoms with E-state index in [0.717, 1.165) is 25.1 Å². The number of nitrogens with one attached hydrogen (secondary N) is 1. The molecule has 74 valence electrons. The Morgan fingerprint density at radius 3 is 2.93 bits per heavy atom. The van der Waals surface area contributed by atoms with Crippen LogP contribution in [-0.2, 0) is 0 Å². The van der Waals surface area contributed by atoms with Crippen molar-refractivity contribution < 1.29 is 10.0 Å². The number of rotatable bonds is 2. The van der Waals surface area contributed by atoms with E-state index >= 15 is 0 Å². The predicted octanol–water partition coefficient (Wildman–Crippen LogP) is -1.16. The minimum atomic E-state index is -1.42. The maximum absolute atomic E-state index is 8.99. The van der Waals surface area contributed by atoms with Crippen LogP contribution >= 0.6 is 0 Å². The molecule has 14 heavy (non-hydrogen) atoms. The molecule has 0 amide bonds. The number of nitrogens with zero attached hydrogens (tertiary/aromatic N) is 1. The maximum Gasteiger partial charge on any atom is 0.490 e. The third-order valence-corrected chi connectivity index (χ3v) is 2.61. The van der Waals surface area contributed by atoms with E-state index in [1.54, 1.807) is 6.20 Å². The average Bonchev–Trinajstić information content (AvgIpc) is 2.71. The summed E-state index contributed by atoms with van der Waals surface area (Å²) in [7, 11) is -1.42. The zero-order chi connectivity index (χ0) is 9.97. The van der Waals surface area contributed by atoms with Gasteiger partial charge in [-0.25, -0.2) is 0 Å². The first-order valence-electron chi connectivity index (χ1n) is 4.79. The van der Waals surface area contributed by atoms with E-state index in [2.05, 4.69) is 10.3 Å². The number of pyridine rings is 1. The highest BCUT2D eigenvalue weighted by atomic mass is 16.4. The highest BCUT2D eigenvalue weighted by Crippen LogP contribution is 2.20. The van der Waals surface area contributed by atoms with Crippen molar-refractivity contribution in [3.8, 4) is 0 Å². The van der Waals surface area contributed by atoms with Gasteiger partial charge in [-0.1, -0.05) is 6.07 Å². The first-order valence-corrected chi connectivity index (χ1v) is 4.79. The van der Waals surface area contributed by atoms with Crippen LogP contribution in [0.1, 0.15) is 17.9 Å². The number of aromatic nitrogens is 1. The first kappa shape index (κ1) is 9.64. The van der Waals surface area contributed by atoms with Crippen LogP contribution in [0.5, 0.6) is 0 Å². The van der Waals surface area contributed by atoms with Gasteiger partial charge in [-0.15, -0.1) is 0 Å². The molecule has 3 N–H and O–H groups in total. The molecule has 0 aliphatic carbocycles. The Morgan fingerprint density at radius 1 is 1.43 bits per heavy atom. The molecular weight excluding hydrogens is 179 g/mol. The zero-order valence-electron chi connectivity index (χ0n) is 7.85. The molecule has 0 radical (unpaired) electrons. The number of hydrogen-bond donors (Lipinski definition) is 3. The fraction of sp³-hybridized carbons (Fsp3) is 0.444. The van der Waals surface area contributed by atoms with Gasteiger partial charge in [-0.3, -0.25) is 4.98 Å². The molecule has 0 saturated carbocycles. The molecule has 1 aliphatic heterocycles. The topological polar surface area (TPSA) is 65.4 Å². The lowest BCUT2D eigenvalue weighted by molar-refractivity contribution is 0.425. The van der Waals surface area contributed by atoms with Crippen LogP contribution < -0.4 is 10.8 Å². The van der Waals surface area contributed by atoms with Gasteiger partial charge in [0.2, 0.25) is 0 Å². The molecule has 2 rings (SSSR count).